The van der Waals surface area contributed by atoms with Gasteiger partial charge in [0.05, 0.1) is 12.7 Å². The van der Waals surface area contributed by atoms with Crippen molar-refractivity contribution in [2.45, 2.75) is 12.5 Å². The molecule has 1 heterocycles. The molecule has 1 fully saturated rings. The second-order valence-electron chi connectivity index (χ2n) is 6.23. The van der Waals surface area contributed by atoms with Gasteiger partial charge in [-0.15, -0.1) is 0 Å². The number of cyclic esters (lactones) is 1. The largest absolute Gasteiger partial charge is 0.468 e. The zero-order chi connectivity index (χ0) is 21.8. The minimum atomic E-state index is -1.02. The number of hydrogen-bond acceptors (Lipinski definition) is 7. The molecular weight excluding hydrogens is 402 g/mol. The molecule has 10 heteroatoms. The lowest BCUT2D eigenvalue weighted by molar-refractivity contribution is -0.142. The van der Waals surface area contributed by atoms with Gasteiger partial charge < -0.3 is 19.9 Å². The van der Waals surface area contributed by atoms with E-state index in [-0.39, 0.29) is 12.2 Å². The zero-order valence-electron chi connectivity index (χ0n) is 15.6. The number of ether oxygens (including phenoxy) is 3. The fourth-order valence-electron chi connectivity index (χ4n) is 2.63. The number of esters is 1. The molecular formula is C20H16F2N2O6. The number of hydrogen-bond donors (Lipinski definition) is 2. The van der Waals surface area contributed by atoms with Crippen LogP contribution in [-0.4, -0.2) is 31.1 Å². The van der Waals surface area contributed by atoms with Crippen LogP contribution in [0.4, 0.5) is 13.6 Å². The standard InChI is InChI=1S/C20H16F2N2O6/c1-28-19(26)16(23)6-10-2-4-11(5-3-10)29-12-7-14(21)13(15(22)8-12)9-17-18(25)24-20(27)30-17/h2-5,7-9,16H,6,23H2,1H3,(H,24,25,27)/b17-9+. The van der Waals surface area contributed by atoms with Gasteiger partial charge in [-0.3, -0.25) is 14.9 Å². The molecule has 1 saturated heterocycles. The lowest BCUT2D eigenvalue weighted by Crippen LogP contribution is -2.33. The zero-order valence-corrected chi connectivity index (χ0v) is 15.6. The smallest absolute Gasteiger partial charge is 0.419 e. The third-order valence-electron chi connectivity index (χ3n) is 4.09. The van der Waals surface area contributed by atoms with Crippen LogP contribution >= 0.6 is 0 Å². The van der Waals surface area contributed by atoms with E-state index >= 15 is 0 Å². The van der Waals surface area contributed by atoms with Crippen LogP contribution in [0, 0.1) is 11.6 Å². The Labute approximate surface area is 169 Å². The van der Waals surface area contributed by atoms with Crippen molar-refractivity contribution in [3.63, 3.8) is 0 Å². The van der Waals surface area contributed by atoms with Gasteiger partial charge in [0.15, 0.2) is 5.76 Å². The number of benzene rings is 2. The van der Waals surface area contributed by atoms with Crippen molar-refractivity contribution in [3.8, 4) is 11.5 Å². The second kappa shape index (κ2) is 8.70. The molecule has 0 bridgehead atoms. The van der Waals surface area contributed by atoms with E-state index in [1.807, 2.05) is 5.32 Å². The summed E-state index contributed by atoms with van der Waals surface area (Å²) in [6, 6.07) is 7.43. The number of amides is 2. The summed E-state index contributed by atoms with van der Waals surface area (Å²) < 4.78 is 43.2. The summed E-state index contributed by atoms with van der Waals surface area (Å²) in [6.45, 7) is 0. The minimum Gasteiger partial charge on any atom is -0.468 e. The second-order valence-corrected chi connectivity index (χ2v) is 6.23. The minimum absolute atomic E-state index is 0.126. The summed E-state index contributed by atoms with van der Waals surface area (Å²) >= 11 is 0. The van der Waals surface area contributed by atoms with Crippen molar-refractivity contribution in [1.29, 1.82) is 0 Å². The normalized spacial score (nSPS) is 15.5. The van der Waals surface area contributed by atoms with Crippen LogP contribution in [0.3, 0.4) is 0 Å². The van der Waals surface area contributed by atoms with E-state index in [2.05, 4.69) is 9.47 Å². The molecule has 2 amide bonds. The van der Waals surface area contributed by atoms with Gasteiger partial charge in [0.2, 0.25) is 0 Å². The Bertz CT molecular complexity index is 1010. The number of nitrogens with two attached hydrogens (primary N) is 1. The molecule has 1 aliphatic rings. The Hall–Kier alpha value is -3.79. The molecule has 1 unspecified atom stereocenters. The van der Waals surface area contributed by atoms with Crippen molar-refractivity contribution in [2.24, 2.45) is 5.73 Å². The van der Waals surface area contributed by atoms with Crippen molar-refractivity contribution in [1.82, 2.24) is 5.32 Å². The predicted molar refractivity (Wildman–Crippen MR) is 99.2 cm³/mol. The van der Waals surface area contributed by atoms with E-state index < -0.39 is 47.0 Å². The summed E-state index contributed by atoms with van der Waals surface area (Å²) in [7, 11) is 1.24. The number of carbonyl (C=O) groups is 3. The van der Waals surface area contributed by atoms with E-state index in [0.717, 1.165) is 23.8 Å². The maximum atomic E-state index is 14.3. The highest BCUT2D eigenvalue weighted by Crippen LogP contribution is 2.28. The van der Waals surface area contributed by atoms with Crippen molar-refractivity contribution in [3.05, 3.63) is 64.9 Å². The lowest BCUT2D eigenvalue weighted by atomic mass is 10.1. The van der Waals surface area contributed by atoms with Gasteiger partial charge in [0.25, 0.3) is 5.91 Å². The molecule has 2 aromatic rings. The number of nitrogens with one attached hydrogen (secondary N) is 1. The van der Waals surface area contributed by atoms with E-state index in [4.69, 9.17) is 10.5 Å². The van der Waals surface area contributed by atoms with Gasteiger partial charge in [-0.25, -0.2) is 13.6 Å². The van der Waals surface area contributed by atoms with E-state index in [0.29, 0.717) is 5.75 Å². The summed E-state index contributed by atoms with van der Waals surface area (Å²) in [5, 5.41) is 1.82. The van der Waals surface area contributed by atoms with Gasteiger partial charge >= 0.3 is 12.1 Å². The molecule has 3 N–H and O–H groups in total. The SMILES string of the molecule is COC(=O)C(N)Cc1ccc(Oc2cc(F)c(/C=C3/OC(=O)NC3=O)c(F)c2)cc1. The van der Waals surface area contributed by atoms with Gasteiger partial charge in [0, 0.05) is 12.1 Å². The maximum Gasteiger partial charge on any atom is 0.419 e. The first-order valence-electron chi connectivity index (χ1n) is 8.61. The average molecular weight is 418 g/mol. The molecule has 2 aromatic carbocycles. The van der Waals surface area contributed by atoms with Crippen molar-refractivity contribution >= 4 is 24.0 Å². The Kier molecular flexibility index (Phi) is 6.07. The summed E-state index contributed by atoms with van der Waals surface area (Å²) in [5.41, 5.74) is 5.88. The van der Waals surface area contributed by atoms with Crippen LogP contribution < -0.4 is 15.8 Å². The van der Waals surface area contributed by atoms with Crippen molar-refractivity contribution < 1.29 is 37.4 Å². The van der Waals surface area contributed by atoms with Crippen LogP contribution in [0.2, 0.25) is 0 Å². The predicted octanol–water partition coefficient (Wildman–Crippen LogP) is 2.41. The highest BCUT2D eigenvalue weighted by Gasteiger charge is 2.27. The van der Waals surface area contributed by atoms with E-state index in [9.17, 15) is 23.2 Å². The third-order valence-corrected chi connectivity index (χ3v) is 4.09. The third kappa shape index (κ3) is 4.78. The Morgan fingerprint density at radius 1 is 1.17 bits per heavy atom. The summed E-state index contributed by atoms with van der Waals surface area (Å²) in [5.74, 6) is -3.83. The first-order chi connectivity index (χ1) is 14.3. The average Bonchev–Trinajstić information content (AvgIpc) is 3.02. The first kappa shape index (κ1) is 20.9. The molecule has 0 aromatic heterocycles. The molecule has 0 radical (unpaired) electrons. The number of rotatable bonds is 6. The first-order valence-corrected chi connectivity index (χ1v) is 8.61. The molecule has 30 heavy (non-hydrogen) atoms. The van der Waals surface area contributed by atoms with Gasteiger partial charge in [-0.05, 0) is 30.2 Å². The monoisotopic (exact) mass is 418 g/mol. The van der Waals surface area contributed by atoms with Gasteiger partial charge in [-0.1, -0.05) is 12.1 Å². The Morgan fingerprint density at radius 2 is 1.80 bits per heavy atom. The fourth-order valence-corrected chi connectivity index (χ4v) is 2.63. The maximum absolute atomic E-state index is 14.3. The van der Waals surface area contributed by atoms with Crippen LogP contribution in [0.1, 0.15) is 11.1 Å². The van der Waals surface area contributed by atoms with E-state index in [1.54, 1.807) is 24.3 Å². The molecule has 3 rings (SSSR count). The van der Waals surface area contributed by atoms with E-state index in [1.165, 1.54) is 7.11 Å². The molecule has 1 atom stereocenters. The molecule has 156 valence electrons. The highest BCUT2D eigenvalue weighted by molar-refractivity contribution is 6.09. The van der Waals surface area contributed by atoms with Crippen LogP contribution in [0.5, 0.6) is 11.5 Å². The molecule has 8 nitrogen and oxygen atoms in total. The number of halogens is 2. The number of carbonyl (C=O) groups excluding carboxylic acids is 3. The molecule has 1 aliphatic heterocycles. The summed E-state index contributed by atoms with van der Waals surface area (Å²) in [4.78, 5) is 33.8. The number of methoxy groups -OCH3 is 1. The lowest BCUT2D eigenvalue weighted by Gasteiger charge is -2.11. The van der Waals surface area contributed by atoms with Gasteiger partial charge in [-0.2, -0.15) is 0 Å². The quantitative estimate of drug-likeness (QED) is 0.547. The Morgan fingerprint density at radius 3 is 2.33 bits per heavy atom. The summed E-state index contributed by atoms with van der Waals surface area (Å²) in [6.07, 6.45) is 0.00849. The van der Waals surface area contributed by atoms with Crippen molar-refractivity contribution in [2.75, 3.05) is 7.11 Å². The topological polar surface area (TPSA) is 117 Å². The number of imide groups is 1. The van der Waals surface area contributed by atoms with Crippen LogP contribution in [0.15, 0.2) is 42.2 Å². The number of alkyl carbamates (subject to hydrolysis) is 1. The molecule has 0 saturated carbocycles. The Balaban J connectivity index is 1.73. The molecule has 0 spiro atoms. The van der Waals surface area contributed by atoms with Gasteiger partial charge in [0.1, 0.15) is 29.2 Å². The fraction of sp³-hybridized carbons (Fsp3) is 0.150. The van der Waals surface area contributed by atoms with Crippen LogP contribution in [0.25, 0.3) is 6.08 Å². The highest BCUT2D eigenvalue weighted by atomic mass is 19.1. The molecule has 0 aliphatic carbocycles. The van der Waals surface area contributed by atoms with Crippen LogP contribution in [-0.2, 0) is 25.5 Å².